The van der Waals surface area contributed by atoms with Gasteiger partial charge in [-0.25, -0.2) is 0 Å². The highest BCUT2D eigenvalue weighted by Crippen LogP contribution is 2.24. The second kappa shape index (κ2) is 5.09. The summed E-state index contributed by atoms with van der Waals surface area (Å²) < 4.78 is 0. The summed E-state index contributed by atoms with van der Waals surface area (Å²) in [5.74, 6) is 0.294. The van der Waals surface area contributed by atoms with E-state index in [1.807, 2.05) is 6.08 Å². The highest BCUT2D eigenvalue weighted by atomic mass is 16.1. The van der Waals surface area contributed by atoms with Crippen LogP contribution in [0.15, 0.2) is 35.9 Å². The number of carbonyl (C=O) groups excluding carboxylic acids is 1. The van der Waals surface area contributed by atoms with Gasteiger partial charge in [-0.15, -0.1) is 0 Å². The van der Waals surface area contributed by atoms with Crippen molar-refractivity contribution in [3.8, 4) is 0 Å². The summed E-state index contributed by atoms with van der Waals surface area (Å²) in [6.45, 7) is 6.68. The molecule has 0 saturated heterocycles. The molecule has 96 valence electrons. The Morgan fingerprint density at radius 2 is 1.72 bits per heavy atom. The maximum atomic E-state index is 11.4. The largest absolute Gasteiger partial charge is 0.295 e. The minimum absolute atomic E-state index is 0.207. The van der Waals surface area contributed by atoms with Crippen LogP contribution in [-0.4, -0.2) is 5.78 Å². The molecule has 0 aromatic heterocycles. The molecule has 0 radical (unpaired) electrons. The Balaban J connectivity index is 2.09. The molecule has 0 fully saturated rings. The molecule has 18 heavy (non-hydrogen) atoms. The van der Waals surface area contributed by atoms with Crippen molar-refractivity contribution in [2.45, 2.75) is 51.9 Å². The van der Waals surface area contributed by atoms with E-state index in [2.05, 4.69) is 45.0 Å². The summed E-state index contributed by atoms with van der Waals surface area (Å²) in [7, 11) is 0. The zero-order valence-corrected chi connectivity index (χ0v) is 11.6. The van der Waals surface area contributed by atoms with E-state index < -0.39 is 0 Å². The van der Waals surface area contributed by atoms with Crippen LogP contribution in [0.2, 0.25) is 0 Å². The molecule has 1 aromatic rings. The number of carbonyl (C=O) groups is 1. The Hall–Kier alpha value is -1.37. The van der Waals surface area contributed by atoms with Gasteiger partial charge >= 0.3 is 0 Å². The van der Waals surface area contributed by atoms with Gasteiger partial charge in [0.25, 0.3) is 0 Å². The molecule has 1 aliphatic rings. The lowest BCUT2D eigenvalue weighted by atomic mass is 9.86. The van der Waals surface area contributed by atoms with E-state index in [-0.39, 0.29) is 5.41 Å². The van der Waals surface area contributed by atoms with Gasteiger partial charge < -0.3 is 0 Å². The molecule has 0 N–H and O–H groups in total. The van der Waals surface area contributed by atoms with Crippen molar-refractivity contribution < 1.29 is 4.79 Å². The number of allylic oxidation sites excluding steroid dienone is 2. The van der Waals surface area contributed by atoms with Gasteiger partial charge in [0.1, 0.15) is 0 Å². The lowest BCUT2D eigenvalue weighted by molar-refractivity contribution is -0.115. The van der Waals surface area contributed by atoms with E-state index in [1.54, 1.807) is 0 Å². The monoisotopic (exact) mass is 242 g/mol. The molecule has 0 bridgehead atoms. The van der Waals surface area contributed by atoms with Crippen LogP contribution in [0.25, 0.3) is 0 Å². The van der Waals surface area contributed by atoms with Crippen molar-refractivity contribution in [2.75, 3.05) is 0 Å². The quantitative estimate of drug-likeness (QED) is 0.759. The molecule has 0 unspecified atom stereocenters. The summed E-state index contributed by atoms with van der Waals surface area (Å²) in [6.07, 6.45) is 5.60. The molecule has 1 nitrogen and oxygen atoms in total. The number of rotatable bonds is 2. The normalized spacial score (nSPS) is 16.6. The van der Waals surface area contributed by atoms with Crippen LogP contribution in [0.5, 0.6) is 0 Å². The van der Waals surface area contributed by atoms with Crippen molar-refractivity contribution >= 4 is 5.78 Å². The van der Waals surface area contributed by atoms with Gasteiger partial charge in [0.2, 0.25) is 0 Å². The summed E-state index contributed by atoms with van der Waals surface area (Å²) in [4.78, 5) is 11.4. The lowest BCUT2D eigenvalue weighted by Crippen LogP contribution is -2.11. The molecule has 0 atom stereocenters. The van der Waals surface area contributed by atoms with Gasteiger partial charge in [0.05, 0.1) is 0 Å². The third kappa shape index (κ3) is 3.32. The highest BCUT2D eigenvalue weighted by molar-refractivity contribution is 5.91. The molecule has 0 spiro atoms. The molecule has 2 rings (SSSR count). The Bertz CT molecular complexity index is 457. The van der Waals surface area contributed by atoms with Crippen LogP contribution < -0.4 is 0 Å². The second-order valence-electron chi connectivity index (χ2n) is 6.25. The molecule has 0 heterocycles. The minimum atomic E-state index is 0.207. The van der Waals surface area contributed by atoms with E-state index in [0.29, 0.717) is 5.78 Å². The van der Waals surface area contributed by atoms with E-state index in [4.69, 9.17) is 0 Å². The van der Waals surface area contributed by atoms with Gasteiger partial charge in [-0.2, -0.15) is 0 Å². The van der Waals surface area contributed by atoms with Gasteiger partial charge in [-0.1, -0.05) is 50.6 Å². The smallest absolute Gasteiger partial charge is 0.155 e. The van der Waals surface area contributed by atoms with E-state index >= 15 is 0 Å². The predicted octanol–water partition coefficient (Wildman–Crippen LogP) is 4.21. The van der Waals surface area contributed by atoms with Crippen molar-refractivity contribution in [3.63, 3.8) is 0 Å². The van der Waals surface area contributed by atoms with Gasteiger partial charge in [-0.05, 0) is 41.9 Å². The average Bonchev–Trinajstić information content (AvgIpc) is 2.28. The number of hydrogen-bond donors (Lipinski definition) is 0. The number of ketones is 1. The zero-order valence-electron chi connectivity index (χ0n) is 11.6. The molecule has 0 aliphatic heterocycles. The van der Waals surface area contributed by atoms with E-state index in [1.165, 1.54) is 16.7 Å². The van der Waals surface area contributed by atoms with Crippen molar-refractivity contribution in [2.24, 2.45) is 0 Å². The summed E-state index contributed by atoms with van der Waals surface area (Å²) in [5.41, 5.74) is 4.16. The van der Waals surface area contributed by atoms with Crippen LogP contribution in [0, 0.1) is 0 Å². The molecule has 1 aliphatic carbocycles. The fourth-order valence-corrected chi connectivity index (χ4v) is 2.39. The highest BCUT2D eigenvalue weighted by Gasteiger charge is 2.14. The summed E-state index contributed by atoms with van der Waals surface area (Å²) >= 11 is 0. The van der Waals surface area contributed by atoms with Crippen molar-refractivity contribution in [3.05, 3.63) is 47.0 Å². The average molecular weight is 242 g/mol. The first-order chi connectivity index (χ1) is 8.45. The molecule has 1 aromatic carbocycles. The summed E-state index contributed by atoms with van der Waals surface area (Å²) in [5, 5.41) is 0. The molecular formula is C17H22O. The fourth-order valence-electron chi connectivity index (χ4n) is 2.39. The van der Waals surface area contributed by atoms with E-state index in [0.717, 1.165) is 25.7 Å². The second-order valence-corrected chi connectivity index (χ2v) is 6.25. The van der Waals surface area contributed by atoms with Crippen LogP contribution in [0.1, 0.15) is 51.2 Å². The third-order valence-corrected chi connectivity index (χ3v) is 3.54. The predicted molar refractivity (Wildman–Crippen MR) is 75.8 cm³/mol. The Morgan fingerprint density at radius 3 is 2.28 bits per heavy atom. The van der Waals surface area contributed by atoms with Gasteiger partial charge in [-0.3, -0.25) is 4.79 Å². The van der Waals surface area contributed by atoms with Gasteiger partial charge in [0.15, 0.2) is 5.78 Å². The number of hydrogen-bond acceptors (Lipinski definition) is 1. The zero-order chi connectivity index (χ0) is 13.2. The standard InChI is InChI=1S/C17H22O/c1-17(2,3)15-9-7-13(8-10-15)11-14-5-4-6-16(18)12-14/h7-10,12H,4-6,11H2,1-3H3. The van der Waals surface area contributed by atoms with Crippen molar-refractivity contribution in [1.82, 2.24) is 0 Å². The van der Waals surface area contributed by atoms with Crippen LogP contribution >= 0.6 is 0 Å². The lowest BCUT2D eigenvalue weighted by Gasteiger charge is -2.19. The Morgan fingerprint density at radius 1 is 1.06 bits per heavy atom. The Labute approximate surface area is 110 Å². The van der Waals surface area contributed by atoms with Crippen LogP contribution in [0.4, 0.5) is 0 Å². The fraction of sp³-hybridized carbons (Fsp3) is 0.471. The molecular weight excluding hydrogens is 220 g/mol. The molecule has 0 saturated carbocycles. The third-order valence-electron chi connectivity index (χ3n) is 3.54. The molecule has 1 heteroatoms. The first-order valence-corrected chi connectivity index (χ1v) is 6.77. The topological polar surface area (TPSA) is 17.1 Å². The van der Waals surface area contributed by atoms with E-state index in [9.17, 15) is 4.79 Å². The van der Waals surface area contributed by atoms with Crippen LogP contribution in [0.3, 0.4) is 0 Å². The summed E-state index contributed by atoms with van der Waals surface area (Å²) in [6, 6.07) is 8.81. The maximum Gasteiger partial charge on any atom is 0.155 e. The number of benzene rings is 1. The Kier molecular flexibility index (Phi) is 3.70. The first kappa shape index (κ1) is 13.1. The SMILES string of the molecule is CC(C)(C)c1ccc(CC2=CC(=O)CCC2)cc1. The minimum Gasteiger partial charge on any atom is -0.295 e. The molecule has 0 amide bonds. The van der Waals surface area contributed by atoms with Gasteiger partial charge in [0, 0.05) is 6.42 Å². The first-order valence-electron chi connectivity index (χ1n) is 6.77. The van der Waals surface area contributed by atoms with Crippen LogP contribution in [-0.2, 0) is 16.6 Å². The maximum absolute atomic E-state index is 11.4. The van der Waals surface area contributed by atoms with Crippen molar-refractivity contribution in [1.29, 1.82) is 0 Å².